The third kappa shape index (κ3) is 1.73. The highest BCUT2D eigenvalue weighted by atomic mass is 35.5. The average molecular weight is 152 g/mol. The van der Waals surface area contributed by atoms with Crippen molar-refractivity contribution in [1.29, 1.82) is 0 Å². The van der Waals surface area contributed by atoms with Crippen LogP contribution in [0.5, 0.6) is 0 Å². The Morgan fingerprint density at radius 2 is 1.90 bits per heavy atom. The maximum Gasteiger partial charge on any atom is 0.0730 e. The van der Waals surface area contributed by atoms with E-state index in [0.29, 0.717) is 5.02 Å². The Bertz CT molecular complexity index is 257. The molecule has 10 heavy (non-hydrogen) atoms. The molecule has 0 radical (unpaired) electrons. The predicted octanol–water partition coefficient (Wildman–Crippen LogP) is 2.83. The summed E-state index contributed by atoms with van der Waals surface area (Å²) < 4.78 is 0. The molecule has 0 N–H and O–H groups in total. The van der Waals surface area contributed by atoms with Crippen LogP contribution < -0.4 is 0 Å². The summed E-state index contributed by atoms with van der Waals surface area (Å²) in [5.41, 5.74) is 0.819. The lowest BCUT2D eigenvalue weighted by molar-refractivity contribution is 1.55. The van der Waals surface area contributed by atoms with Crippen molar-refractivity contribution in [1.82, 2.24) is 0 Å². The van der Waals surface area contributed by atoms with E-state index in [4.69, 9.17) is 11.6 Å². The van der Waals surface area contributed by atoms with Crippen LogP contribution in [0.4, 0.5) is 5.69 Å². The number of rotatable bonds is 1. The van der Waals surface area contributed by atoms with Gasteiger partial charge in [-0.05, 0) is 36.7 Å². The lowest BCUT2D eigenvalue weighted by atomic mass is 10.3. The first-order valence-corrected chi connectivity index (χ1v) is 3.19. The van der Waals surface area contributed by atoms with Gasteiger partial charge in [0.15, 0.2) is 0 Å². The molecule has 1 nitrogen and oxygen atoms in total. The zero-order valence-electron chi connectivity index (χ0n) is 5.34. The summed E-state index contributed by atoms with van der Waals surface area (Å²) in [4.78, 5) is 3.83. The molecule has 0 aliphatic carbocycles. The van der Waals surface area contributed by atoms with Crippen molar-refractivity contribution in [3.63, 3.8) is 0 Å². The minimum Gasteiger partial charge on any atom is -0.207 e. The van der Waals surface area contributed by atoms with Crippen LogP contribution in [0.15, 0.2) is 35.8 Å². The van der Waals surface area contributed by atoms with Gasteiger partial charge in [-0.15, -0.1) is 0 Å². The molecule has 0 saturated heterocycles. The second kappa shape index (κ2) is 3.21. The molecule has 0 fully saturated rings. The maximum absolute atomic E-state index is 5.63. The third-order valence-corrected chi connectivity index (χ3v) is 1.29. The molecule has 0 spiro atoms. The second-order valence-electron chi connectivity index (χ2n) is 1.75. The van der Waals surface area contributed by atoms with Crippen LogP contribution in [0.25, 0.3) is 0 Å². The Hall–Kier alpha value is -1.04. The van der Waals surface area contributed by atoms with Gasteiger partial charge >= 0.3 is 0 Å². The lowest BCUT2D eigenvalue weighted by Gasteiger charge is -1.88. The van der Waals surface area contributed by atoms with Gasteiger partial charge < -0.3 is 0 Å². The van der Waals surface area contributed by atoms with E-state index >= 15 is 0 Å². The van der Waals surface area contributed by atoms with Crippen molar-refractivity contribution in [3.05, 3.63) is 35.9 Å². The first kappa shape index (κ1) is 7.07. The molecule has 1 rings (SSSR count). The quantitative estimate of drug-likeness (QED) is 0.548. The average Bonchev–Trinajstić information content (AvgIpc) is 1.95. The fourth-order valence-electron chi connectivity index (χ4n) is 0.607. The predicted molar refractivity (Wildman–Crippen MR) is 44.2 cm³/mol. The van der Waals surface area contributed by atoms with Gasteiger partial charge in [0.05, 0.1) is 5.69 Å². The number of halogens is 1. The monoisotopic (exact) mass is 151 g/mol. The van der Waals surface area contributed by atoms with Crippen LogP contribution in [0.3, 0.4) is 0 Å². The molecule has 0 atom stereocenters. The van der Waals surface area contributed by atoms with Crippen molar-refractivity contribution >= 4 is 23.2 Å². The van der Waals surface area contributed by atoms with Crippen LogP contribution in [-0.4, -0.2) is 5.87 Å². The molecule has 0 unspecified atom stereocenters. The number of hydrogen-bond donors (Lipinski definition) is 0. The van der Waals surface area contributed by atoms with Gasteiger partial charge in [0.2, 0.25) is 0 Å². The number of nitrogens with zero attached hydrogens (tertiary/aromatic N) is 1. The van der Waals surface area contributed by atoms with E-state index in [0.717, 1.165) is 5.69 Å². The summed E-state index contributed by atoms with van der Waals surface area (Å²) in [5, 5.41) is 0.711. The Morgan fingerprint density at radius 1 is 1.30 bits per heavy atom. The second-order valence-corrected chi connectivity index (χ2v) is 2.18. The van der Waals surface area contributed by atoms with Gasteiger partial charge in [0.1, 0.15) is 0 Å². The smallest absolute Gasteiger partial charge is 0.0730 e. The van der Waals surface area contributed by atoms with E-state index in [9.17, 15) is 0 Å². The van der Waals surface area contributed by atoms with E-state index < -0.39 is 0 Å². The molecular formula is C8H6ClN. The highest BCUT2D eigenvalue weighted by Gasteiger charge is 1.85. The minimum atomic E-state index is 0.711. The fraction of sp³-hybridized carbons (Fsp3) is 0. The van der Waals surface area contributed by atoms with Gasteiger partial charge in [0.25, 0.3) is 0 Å². The van der Waals surface area contributed by atoms with Crippen LogP contribution in [-0.2, 0) is 0 Å². The van der Waals surface area contributed by atoms with Gasteiger partial charge in [-0.1, -0.05) is 11.6 Å². The summed E-state index contributed by atoms with van der Waals surface area (Å²) in [7, 11) is 0. The number of benzene rings is 1. The molecule has 0 aliphatic rings. The zero-order valence-corrected chi connectivity index (χ0v) is 6.10. The number of hydrogen-bond acceptors (Lipinski definition) is 1. The van der Waals surface area contributed by atoms with Crippen LogP contribution in [0.2, 0.25) is 5.02 Å². The van der Waals surface area contributed by atoms with Gasteiger partial charge in [-0.3, -0.25) is 0 Å². The van der Waals surface area contributed by atoms with Crippen molar-refractivity contribution in [3.8, 4) is 0 Å². The van der Waals surface area contributed by atoms with Crippen LogP contribution in [0, 0.1) is 0 Å². The summed E-state index contributed by atoms with van der Waals surface area (Å²) in [5.74, 6) is 2.44. The highest BCUT2D eigenvalue weighted by Crippen LogP contribution is 2.14. The summed E-state index contributed by atoms with van der Waals surface area (Å²) in [6.07, 6.45) is 0. The molecule has 0 aliphatic heterocycles. The molecule has 1 aromatic carbocycles. The first-order valence-electron chi connectivity index (χ1n) is 2.81. The van der Waals surface area contributed by atoms with E-state index in [1.165, 1.54) is 0 Å². The van der Waals surface area contributed by atoms with Gasteiger partial charge in [0, 0.05) is 5.02 Å². The molecule has 0 amide bonds. The Morgan fingerprint density at radius 3 is 2.40 bits per heavy atom. The zero-order chi connectivity index (χ0) is 7.40. The minimum absolute atomic E-state index is 0.711. The largest absolute Gasteiger partial charge is 0.207 e. The van der Waals surface area contributed by atoms with Crippen molar-refractivity contribution in [2.75, 3.05) is 0 Å². The van der Waals surface area contributed by atoms with Gasteiger partial charge in [-0.25, -0.2) is 4.99 Å². The Labute approximate surface area is 64.7 Å². The van der Waals surface area contributed by atoms with Crippen molar-refractivity contribution < 1.29 is 0 Å². The van der Waals surface area contributed by atoms with Crippen LogP contribution in [0.1, 0.15) is 0 Å². The molecule has 0 aromatic heterocycles. The van der Waals surface area contributed by atoms with Gasteiger partial charge in [-0.2, -0.15) is 0 Å². The molecule has 2 heteroatoms. The SMILES string of the molecule is C=C=Nc1ccc(Cl)cc1. The molecule has 1 aromatic rings. The lowest BCUT2D eigenvalue weighted by Crippen LogP contribution is -1.62. The molecule has 0 bridgehead atoms. The third-order valence-electron chi connectivity index (χ3n) is 1.03. The van der Waals surface area contributed by atoms with Crippen molar-refractivity contribution in [2.45, 2.75) is 0 Å². The topological polar surface area (TPSA) is 12.4 Å². The Balaban J connectivity index is 3.00. The van der Waals surface area contributed by atoms with Crippen molar-refractivity contribution in [2.24, 2.45) is 4.99 Å². The fourth-order valence-corrected chi connectivity index (χ4v) is 0.733. The summed E-state index contributed by atoms with van der Waals surface area (Å²) >= 11 is 5.63. The standard InChI is InChI=1S/C8H6ClN/c1-2-10-8-5-3-7(9)4-6-8/h3-6H,1H2. The van der Waals surface area contributed by atoms with E-state index in [1.807, 2.05) is 0 Å². The summed E-state index contributed by atoms with van der Waals surface area (Å²) in [6, 6.07) is 7.16. The highest BCUT2D eigenvalue weighted by molar-refractivity contribution is 6.30. The normalized spacial score (nSPS) is 8.50. The van der Waals surface area contributed by atoms with E-state index in [-0.39, 0.29) is 0 Å². The van der Waals surface area contributed by atoms with Crippen LogP contribution >= 0.6 is 11.6 Å². The molecule has 50 valence electrons. The van der Waals surface area contributed by atoms with E-state index in [2.05, 4.69) is 17.4 Å². The van der Waals surface area contributed by atoms with E-state index in [1.54, 1.807) is 24.3 Å². The first-order chi connectivity index (χ1) is 4.83. The summed E-state index contributed by atoms with van der Waals surface area (Å²) in [6.45, 7) is 3.35. The maximum atomic E-state index is 5.63. The molecule has 0 saturated carbocycles. The molecular weight excluding hydrogens is 146 g/mol. The Kier molecular flexibility index (Phi) is 2.27. The number of aliphatic imine (C=N–C) groups is 1. The molecule has 0 heterocycles.